The lowest BCUT2D eigenvalue weighted by Crippen LogP contribution is -2.46. The standard InChI is InChI=1S/C16H26N4O2/c1-4-20-10-13(12(2)17-20)8-19-6-5-15-14(9-19)7-18(3)16(21)11-22-15/h10,14-15H,4-9,11H2,1-3H3/t14-,15-/m0/s1. The van der Waals surface area contributed by atoms with Gasteiger partial charge in [-0.2, -0.15) is 5.10 Å². The normalized spacial score (nSPS) is 26.9. The van der Waals surface area contributed by atoms with E-state index in [9.17, 15) is 4.79 Å². The highest BCUT2D eigenvalue weighted by molar-refractivity contribution is 5.77. The number of hydrogen-bond donors (Lipinski definition) is 0. The Balaban J connectivity index is 1.65. The van der Waals surface area contributed by atoms with Crippen LogP contribution in [0.1, 0.15) is 24.6 Å². The number of likely N-dealkylation sites (N-methyl/N-ethyl adjacent to an activating group) is 1. The van der Waals surface area contributed by atoms with Gasteiger partial charge in [0.2, 0.25) is 5.91 Å². The molecule has 0 bridgehead atoms. The molecule has 1 amide bonds. The minimum absolute atomic E-state index is 0.0982. The van der Waals surface area contributed by atoms with Crippen LogP contribution in [0, 0.1) is 12.8 Å². The van der Waals surface area contributed by atoms with Crippen molar-refractivity contribution >= 4 is 5.91 Å². The van der Waals surface area contributed by atoms with Crippen molar-refractivity contribution in [1.82, 2.24) is 19.6 Å². The van der Waals surface area contributed by atoms with Gasteiger partial charge >= 0.3 is 0 Å². The van der Waals surface area contributed by atoms with Crippen molar-refractivity contribution in [2.45, 2.75) is 39.5 Å². The Hall–Kier alpha value is -1.40. The molecule has 2 saturated heterocycles. The Morgan fingerprint density at radius 1 is 1.41 bits per heavy atom. The molecule has 0 aliphatic carbocycles. The smallest absolute Gasteiger partial charge is 0.248 e. The maximum atomic E-state index is 11.8. The van der Waals surface area contributed by atoms with Crippen LogP contribution >= 0.6 is 0 Å². The third-order valence-corrected chi connectivity index (χ3v) is 4.87. The summed E-state index contributed by atoms with van der Waals surface area (Å²) >= 11 is 0. The van der Waals surface area contributed by atoms with Crippen LogP contribution in [-0.2, 0) is 22.6 Å². The van der Waals surface area contributed by atoms with Crippen molar-refractivity contribution in [3.8, 4) is 0 Å². The molecule has 2 aliphatic rings. The van der Waals surface area contributed by atoms with Crippen LogP contribution in [0.2, 0.25) is 0 Å². The number of hydrogen-bond acceptors (Lipinski definition) is 4. The van der Waals surface area contributed by atoms with E-state index in [-0.39, 0.29) is 18.6 Å². The first-order chi connectivity index (χ1) is 10.6. The summed E-state index contributed by atoms with van der Waals surface area (Å²) in [6, 6.07) is 0. The number of fused-ring (bicyclic) bond motifs is 1. The molecule has 1 aromatic heterocycles. The van der Waals surface area contributed by atoms with E-state index in [2.05, 4.69) is 30.0 Å². The first-order valence-corrected chi connectivity index (χ1v) is 8.17. The minimum Gasteiger partial charge on any atom is -0.368 e. The molecule has 0 spiro atoms. The van der Waals surface area contributed by atoms with Crippen LogP contribution < -0.4 is 0 Å². The number of piperidine rings is 1. The number of nitrogens with zero attached hydrogens (tertiary/aromatic N) is 4. The molecule has 6 nitrogen and oxygen atoms in total. The highest BCUT2D eigenvalue weighted by Gasteiger charge is 2.34. The van der Waals surface area contributed by atoms with Gasteiger partial charge in [-0.15, -0.1) is 0 Å². The zero-order valence-electron chi connectivity index (χ0n) is 13.8. The molecule has 1 aromatic rings. The quantitative estimate of drug-likeness (QED) is 0.832. The Labute approximate surface area is 132 Å². The molecule has 22 heavy (non-hydrogen) atoms. The molecule has 0 saturated carbocycles. The third kappa shape index (κ3) is 3.17. The van der Waals surface area contributed by atoms with E-state index in [1.165, 1.54) is 5.56 Å². The van der Waals surface area contributed by atoms with Crippen LogP contribution in [-0.4, -0.2) is 64.9 Å². The lowest BCUT2D eigenvalue weighted by atomic mass is 9.94. The summed E-state index contributed by atoms with van der Waals surface area (Å²) in [5, 5.41) is 4.53. The Morgan fingerprint density at radius 2 is 2.23 bits per heavy atom. The Kier molecular flexibility index (Phi) is 4.49. The number of likely N-dealkylation sites (tertiary alicyclic amines) is 1. The van der Waals surface area contributed by atoms with Crippen LogP contribution in [0.5, 0.6) is 0 Å². The molecule has 6 heteroatoms. The molecule has 2 fully saturated rings. The average molecular weight is 306 g/mol. The molecule has 0 unspecified atom stereocenters. The van der Waals surface area contributed by atoms with E-state index in [0.717, 1.165) is 44.8 Å². The summed E-state index contributed by atoms with van der Waals surface area (Å²) in [4.78, 5) is 16.1. The lowest BCUT2D eigenvalue weighted by molar-refractivity contribution is -0.133. The third-order valence-electron chi connectivity index (χ3n) is 4.87. The van der Waals surface area contributed by atoms with Gasteiger partial charge < -0.3 is 9.64 Å². The van der Waals surface area contributed by atoms with Crippen molar-refractivity contribution < 1.29 is 9.53 Å². The van der Waals surface area contributed by atoms with Crippen LogP contribution in [0.25, 0.3) is 0 Å². The number of carbonyl (C=O) groups excluding carboxylic acids is 1. The number of ether oxygens (including phenoxy) is 1. The predicted octanol–water partition coefficient (Wildman–Crippen LogP) is 0.891. The molecule has 2 aliphatic heterocycles. The summed E-state index contributed by atoms with van der Waals surface area (Å²) < 4.78 is 7.80. The van der Waals surface area contributed by atoms with E-state index >= 15 is 0 Å². The highest BCUT2D eigenvalue weighted by atomic mass is 16.5. The number of rotatable bonds is 3. The molecule has 3 heterocycles. The molecule has 0 radical (unpaired) electrons. The SMILES string of the molecule is CCn1cc(CN2CC[C@@H]3OCC(=O)N(C)C[C@H]3C2)c(C)n1. The fraction of sp³-hybridized carbons (Fsp3) is 0.750. The van der Waals surface area contributed by atoms with Crippen LogP contribution in [0.4, 0.5) is 0 Å². The summed E-state index contributed by atoms with van der Waals surface area (Å²) in [5.41, 5.74) is 2.42. The molecule has 122 valence electrons. The number of aromatic nitrogens is 2. The summed E-state index contributed by atoms with van der Waals surface area (Å²) in [7, 11) is 1.88. The van der Waals surface area contributed by atoms with Crippen molar-refractivity contribution in [2.24, 2.45) is 5.92 Å². The van der Waals surface area contributed by atoms with Gasteiger partial charge in [-0.1, -0.05) is 0 Å². The summed E-state index contributed by atoms with van der Waals surface area (Å²) in [5.74, 6) is 0.507. The maximum absolute atomic E-state index is 11.8. The van der Waals surface area contributed by atoms with E-state index in [1.54, 1.807) is 0 Å². The summed E-state index contributed by atoms with van der Waals surface area (Å²) in [6.07, 6.45) is 3.39. The monoisotopic (exact) mass is 306 g/mol. The first-order valence-electron chi connectivity index (χ1n) is 8.17. The first kappa shape index (κ1) is 15.5. The molecular formula is C16H26N4O2. The van der Waals surface area contributed by atoms with Crippen LogP contribution in [0.15, 0.2) is 6.20 Å². The second-order valence-electron chi connectivity index (χ2n) is 6.50. The van der Waals surface area contributed by atoms with Crippen molar-refractivity contribution in [3.05, 3.63) is 17.5 Å². The predicted molar refractivity (Wildman–Crippen MR) is 83.4 cm³/mol. The number of aryl methyl sites for hydroxylation is 2. The lowest BCUT2D eigenvalue weighted by Gasteiger charge is -2.37. The second kappa shape index (κ2) is 6.38. The zero-order chi connectivity index (χ0) is 15.7. The van der Waals surface area contributed by atoms with Gasteiger partial charge in [0.1, 0.15) is 6.61 Å². The van der Waals surface area contributed by atoms with Crippen molar-refractivity contribution in [3.63, 3.8) is 0 Å². The maximum Gasteiger partial charge on any atom is 0.248 e. The highest BCUT2D eigenvalue weighted by Crippen LogP contribution is 2.25. The van der Waals surface area contributed by atoms with Crippen LogP contribution in [0.3, 0.4) is 0 Å². The zero-order valence-corrected chi connectivity index (χ0v) is 13.8. The van der Waals surface area contributed by atoms with E-state index in [4.69, 9.17) is 4.74 Å². The topological polar surface area (TPSA) is 50.6 Å². The van der Waals surface area contributed by atoms with Gasteiger partial charge in [0.15, 0.2) is 0 Å². The molecule has 0 aromatic carbocycles. The van der Waals surface area contributed by atoms with Crippen molar-refractivity contribution in [2.75, 3.05) is 33.3 Å². The van der Waals surface area contributed by atoms with Gasteiger partial charge in [-0.25, -0.2) is 0 Å². The van der Waals surface area contributed by atoms with E-state index in [0.29, 0.717) is 5.92 Å². The summed E-state index contributed by atoms with van der Waals surface area (Å²) in [6.45, 7) is 9.08. The fourth-order valence-electron chi connectivity index (χ4n) is 3.48. The fourth-order valence-corrected chi connectivity index (χ4v) is 3.48. The number of carbonyl (C=O) groups is 1. The van der Waals surface area contributed by atoms with Gasteiger partial charge in [0, 0.05) is 57.4 Å². The molecule has 2 atom stereocenters. The Morgan fingerprint density at radius 3 is 2.95 bits per heavy atom. The number of amides is 1. The van der Waals surface area contributed by atoms with E-state index < -0.39 is 0 Å². The van der Waals surface area contributed by atoms with Gasteiger partial charge in [0.05, 0.1) is 11.8 Å². The van der Waals surface area contributed by atoms with Gasteiger partial charge in [-0.05, 0) is 20.3 Å². The largest absolute Gasteiger partial charge is 0.368 e. The molecule has 3 rings (SSSR count). The van der Waals surface area contributed by atoms with Crippen molar-refractivity contribution in [1.29, 1.82) is 0 Å². The minimum atomic E-state index is 0.0982. The van der Waals surface area contributed by atoms with E-state index in [1.807, 2.05) is 16.6 Å². The molecule has 0 N–H and O–H groups in total. The Bertz CT molecular complexity index is 542. The van der Waals surface area contributed by atoms with Gasteiger partial charge in [0.25, 0.3) is 0 Å². The average Bonchev–Trinajstić information content (AvgIpc) is 2.79. The molecular weight excluding hydrogens is 280 g/mol. The second-order valence-corrected chi connectivity index (χ2v) is 6.50. The van der Waals surface area contributed by atoms with Gasteiger partial charge in [-0.3, -0.25) is 14.4 Å².